The van der Waals surface area contributed by atoms with E-state index >= 15 is 0 Å². The first-order valence-electron chi connectivity index (χ1n) is 5.86. The number of carbonyl (C=O) groups excluding carboxylic acids is 2. The summed E-state index contributed by atoms with van der Waals surface area (Å²) in [6.45, 7) is 0.233. The van der Waals surface area contributed by atoms with Crippen molar-refractivity contribution < 1.29 is 14.3 Å². The van der Waals surface area contributed by atoms with Crippen LogP contribution in [0.3, 0.4) is 0 Å². The molecule has 0 spiro atoms. The third-order valence-electron chi connectivity index (χ3n) is 2.76. The highest BCUT2D eigenvalue weighted by molar-refractivity contribution is 5.86. The molecule has 0 N–H and O–H groups in total. The quantitative estimate of drug-likeness (QED) is 0.748. The van der Waals surface area contributed by atoms with Gasteiger partial charge in [-0.1, -0.05) is 30.3 Å². The largest absolute Gasteiger partial charge is 0.469 e. The molecule has 0 aromatic heterocycles. The van der Waals surface area contributed by atoms with Crippen molar-refractivity contribution in [2.45, 2.75) is 12.3 Å². The molecule has 5 nitrogen and oxygen atoms in total. The molecule has 0 bridgehead atoms. The van der Waals surface area contributed by atoms with Gasteiger partial charge in [0.05, 0.1) is 19.6 Å². The Kier molecular flexibility index (Phi) is 5.55. The normalized spacial score (nSPS) is 11.2. The van der Waals surface area contributed by atoms with E-state index in [9.17, 15) is 9.59 Å². The van der Waals surface area contributed by atoms with Crippen LogP contribution < -0.4 is 0 Å². The van der Waals surface area contributed by atoms with E-state index < -0.39 is 5.92 Å². The number of ether oxygens (including phenoxy) is 1. The second-order valence-corrected chi connectivity index (χ2v) is 4.06. The number of nitriles is 1. The Morgan fingerprint density at radius 2 is 2.00 bits per heavy atom. The van der Waals surface area contributed by atoms with Crippen molar-refractivity contribution in [2.75, 3.05) is 20.7 Å². The van der Waals surface area contributed by atoms with Crippen molar-refractivity contribution in [3.05, 3.63) is 35.9 Å². The summed E-state index contributed by atoms with van der Waals surface area (Å²) >= 11 is 0. The van der Waals surface area contributed by atoms with Crippen LogP contribution >= 0.6 is 0 Å². The van der Waals surface area contributed by atoms with E-state index in [-0.39, 0.29) is 24.8 Å². The number of hydrogen-bond donors (Lipinski definition) is 0. The predicted molar refractivity (Wildman–Crippen MR) is 69.1 cm³/mol. The van der Waals surface area contributed by atoms with Crippen LogP contribution in [0.1, 0.15) is 17.9 Å². The van der Waals surface area contributed by atoms with Crippen LogP contribution in [0.25, 0.3) is 0 Å². The summed E-state index contributed by atoms with van der Waals surface area (Å²) in [7, 11) is 2.87. The van der Waals surface area contributed by atoms with Crippen molar-refractivity contribution in [2.24, 2.45) is 0 Å². The summed E-state index contributed by atoms with van der Waals surface area (Å²) in [5.74, 6) is -1.55. The third-order valence-corrected chi connectivity index (χ3v) is 2.76. The highest BCUT2D eigenvalue weighted by Gasteiger charge is 2.23. The average molecular weight is 260 g/mol. The number of amides is 1. The van der Waals surface area contributed by atoms with Crippen LogP contribution in [0.4, 0.5) is 0 Å². The van der Waals surface area contributed by atoms with E-state index in [0.717, 1.165) is 0 Å². The SMILES string of the molecule is COC(=O)CCN(C)C(=O)C(C#N)c1ccccc1. The molecule has 5 heteroatoms. The minimum atomic E-state index is -0.844. The van der Waals surface area contributed by atoms with Crippen LogP contribution in [0.5, 0.6) is 0 Å². The Balaban J connectivity index is 2.69. The second kappa shape index (κ2) is 7.17. The van der Waals surface area contributed by atoms with E-state index in [1.807, 2.05) is 12.1 Å². The van der Waals surface area contributed by atoms with E-state index in [1.165, 1.54) is 12.0 Å². The van der Waals surface area contributed by atoms with Crippen LogP contribution in [0, 0.1) is 11.3 Å². The molecule has 0 aliphatic carbocycles. The Labute approximate surface area is 112 Å². The fourth-order valence-corrected chi connectivity index (χ4v) is 1.61. The lowest BCUT2D eigenvalue weighted by molar-refractivity contribution is -0.141. The molecule has 0 saturated carbocycles. The maximum atomic E-state index is 12.1. The number of hydrogen-bond acceptors (Lipinski definition) is 4. The van der Waals surface area contributed by atoms with Crippen molar-refractivity contribution in [3.63, 3.8) is 0 Å². The average Bonchev–Trinajstić information content (AvgIpc) is 2.46. The molecule has 1 aromatic rings. The van der Waals surface area contributed by atoms with Crippen LogP contribution in [0.2, 0.25) is 0 Å². The maximum Gasteiger partial charge on any atom is 0.307 e. The predicted octanol–water partition coefficient (Wildman–Crippen LogP) is 1.32. The molecular formula is C14H16N2O3. The summed E-state index contributed by atoms with van der Waals surface area (Å²) < 4.78 is 4.51. The molecule has 0 radical (unpaired) electrons. The topological polar surface area (TPSA) is 70.4 Å². The van der Waals surface area contributed by atoms with Crippen LogP contribution in [0.15, 0.2) is 30.3 Å². The van der Waals surface area contributed by atoms with Gasteiger partial charge in [0.2, 0.25) is 5.91 Å². The first-order chi connectivity index (χ1) is 9.10. The van der Waals surface area contributed by atoms with Crippen LogP contribution in [-0.2, 0) is 14.3 Å². The second-order valence-electron chi connectivity index (χ2n) is 4.06. The smallest absolute Gasteiger partial charge is 0.307 e. The summed E-state index contributed by atoms with van der Waals surface area (Å²) in [6, 6.07) is 10.8. The van der Waals surface area contributed by atoms with Gasteiger partial charge in [-0.05, 0) is 5.56 Å². The number of benzene rings is 1. The van der Waals surface area contributed by atoms with Gasteiger partial charge in [0, 0.05) is 13.6 Å². The number of methoxy groups -OCH3 is 1. The Morgan fingerprint density at radius 1 is 1.37 bits per heavy atom. The molecule has 1 amide bonds. The molecule has 0 aliphatic rings. The van der Waals surface area contributed by atoms with Crippen molar-refractivity contribution in [1.82, 2.24) is 4.90 Å². The third kappa shape index (κ3) is 4.11. The van der Waals surface area contributed by atoms with Gasteiger partial charge in [-0.25, -0.2) is 0 Å². The fourth-order valence-electron chi connectivity index (χ4n) is 1.61. The molecule has 1 aromatic carbocycles. The Hall–Kier alpha value is -2.35. The van der Waals surface area contributed by atoms with Gasteiger partial charge in [-0.15, -0.1) is 0 Å². The Morgan fingerprint density at radius 3 is 2.53 bits per heavy atom. The summed E-state index contributed by atoms with van der Waals surface area (Å²) in [6.07, 6.45) is 0.117. The molecule has 1 rings (SSSR count). The Bertz CT molecular complexity index is 479. The van der Waals surface area contributed by atoms with Crippen molar-refractivity contribution in [3.8, 4) is 6.07 Å². The van der Waals surface area contributed by atoms with Gasteiger partial charge in [0.1, 0.15) is 5.92 Å². The maximum absolute atomic E-state index is 12.1. The minimum absolute atomic E-state index is 0.117. The summed E-state index contributed by atoms with van der Waals surface area (Å²) in [5, 5.41) is 9.13. The lowest BCUT2D eigenvalue weighted by Gasteiger charge is -2.19. The number of likely N-dealkylation sites (N-methyl/N-ethyl adjacent to an activating group) is 1. The first-order valence-corrected chi connectivity index (χ1v) is 5.86. The zero-order chi connectivity index (χ0) is 14.3. The lowest BCUT2D eigenvalue weighted by atomic mass is 9.99. The molecule has 100 valence electrons. The standard InChI is InChI=1S/C14H16N2O3/c1-16(9-8-13(17)19-2)14(18)12(10-15)11-6-4-3-5-7-11/h3-7,12H,8-9H2,1-2H3. The molecule has 1 unspecified atom stereocenters. The van der Waals surface area contributed by atoms with Crippen molar-refractivity contribution in [1.29, 1.82) is 5.26 Å². The molecule has 0 heterocycles. The van der Waals surface area contributed by atoms with E-state index in [0.29, 0.717) is 5.56 Å². The number of carbonyl (C=O) groups is 2. The molecule has 19 heavy (non-hydrogen) atoms. The first kappa shape index (κ1) is 14.7. The molecule has 0 saturated heterocycles. The van der Waals surface area contributed by atoms with Gasteiger partial charge in [0.25, 0.3) is 0 Å². The molecule has 0 aliphatic heterocycles. The van der Waals surface area contributed by atoms with Crippen molar-refractivity contribution >= 4 is 11.9 Å². The van der Waals surface area contributed by atoms with E-state index in [2.05, 4.69) is 4.74 Å². The summed E-state index contributed by atoms with van der Waals surface area (Å²) in [4.78, 5) is 24.5. The zero-order valence-corrected chi connectivity index (χ0v) is 11.0. The summed E-state index contributed by atoms with van der Waals surface area (Å²) in [5.41, 5.74) is 0.653. The minimum Gasteiger partial charge on any atom is -0.469 e. The molecule has 1 atom stereocenters. The number of rotatable bonds is 5. The van der Waals surface area contributed by atoms with Gasteiger partial charge in [0.15, 0.2) is 0 Å². The molecular weight excluding hydrogens is 244 g/mol. The van der Waals surface area contributed by atoms with Gasteiger partial charge in [-0.2, -0.15) is 5.26 Å². The number of nitrogens with zero attached hydrogens (tertiary/aromatic N) is 2. The lowest BCUT2D eigenvalue weighted by Crippen LogP contribution is -2.33. The van der Waals surface area contributed by atoms with Gasteiger partial charge < -0.3 is 9.64 Å². The van der Waals surface area contributed by atoms with Gasteiger partial charge in [-0.3, -0.25) is 9.59 Å². The number of esters is 1. The van der Waals surface area contributed by atoms with E-state index in [4.69, 9.17) is 5.26 Å². The fraction of sp³-hybridized carbons (Fsp3) is 0.357. The van der Waals surface area contributed by atoms with Gasteiger partial charge >= 0.3 is 5.97 Å². The van der Waals surface area contributed by atoms with E-state index in [1.54, 1.807) is 31.3 Å². The highest BCUT2D eigenvalue weighted by atomic mass is 16.5. The monoisotopic (exact) mass is 260 g/mol. The van der Waals surface area contributed by atoms with Crippen LogP contribution in [-0.4, -0.2) is 37.5 Å². The zero-order valence-electron chi connectivity index (χ0n) is 11.0. The highest BCUT2D eigenvalue weighted by Crippen LogP contribution is 2.17. The molecule has 0 fully saturated rings.